The van der Waals surface area contributed by atoms with Crippen LogP contribution < -0.4 is 16.6 Å². The lowest BCUT2D eigenvalue weighted by atomic mass is 10.1. The molecular weight excluding hydrogens is 424 g/mol. The zero-order valence-corrected chi connectivity index (χ0v) is 19.2. The second kappa shape index (κ2) is 8.36. The Kier molecular flexibility index (Phi) is 5.71. The van der Waals surface area contributed by atoms with E-state index in [1.54, 1.807) is 22.6 Å². The fourth-order valence-corrected chi connectivity index (χ4v) is 4.00. The zero-order valence-electron chi connectivity index (χ0n) is 19.2. The molecule has 33 heavy (non-hydrogen) atoms. The molecule has 0 bridgehead atoms. The van der Waals surface area contributed by atoms with Gasteiger partial charge in [0.1, 0.15) is 17.5 Å². The molecule has 4 rings (SSSR count). The first-order valence-corrected chi connectivity index (χ1v) is 10.8. The third-order valence-electron chi connectivity index (χ3n) is 5.51. The lowest BCUT2D eigenvalue weighted by Gasteiger charge is -2.36. The third kappa shape index (κ3) is 4.09. The Hall–Kier alpha value is -3.66. The maximum atomic E-state index is 13.1. The minimum atomic E-state index is -0.664. The molecule has 10 nitrogen and oxygen atoms in total. The Morgan fingerprint density at radius 2 is 2.00 bits per heavy atom. The number of aromatic amines is 1. The molecule has 1 atom stereocenters. The molecule has 2 N–H and O–H groups in total. The molecule has 1 aliphatic rings. The molecule has 0 saturated carbocycles. The summed E-state index contributed by atoms with van der Waals surface area (Å²) in [6, 6.07) is 6.90. The maximum absolute atomic E-state index is 13.1. The fourth-order valence-electron chi connectivity index (χ4n) is 4.00. The summed E-state index contributed by atoms with van der Waals surface area (Å²) < 4.78 is 8.64. The minimum absolute atomic E-state index is 0.219. The molecule has 1 fully saturated rings. The summed E-state index contributed by atoms with van der Waals surface area (Å²) in [5.41, 5.74) is 0.110. The summed E-state index contributed by atoms with van der Waals surface area (Å²) in [7, 11) is 1.55. The topological polar surface area (TPSA) is 114 Å². The van der Waals surface area contributed by atoms with Crippen LogP contribution in [0.1, 0.15) is 38.2 Å². The molecule has 174 valence electrons. The zero-order chi connectivity index (χ0) is 23.9. The van der Waals surface area contributed by atoms with Gasteiger partial charge in [-0.15, -0.1) is 0 Å². The van der Waals surface area contributed by atoms with Crippen molar-refractivity contribution in [3.8, 4) is 5.69 Å². The second-order valence-corrected chi connectivity index (χ2v) is 8.95. The lowest BCUT2D eigenvalue weighted by molar-refractivity contribution is 0.0107. The average molecular weight is 453 g/mol. The Morgan fingerprint density at radius 3 is 2.70 bits per heavy atom. The number of nitrogens with one attached hydrogen (secondary N) is 2. The van der Waals surface area contributed by atoms with E-state index in [2.05, 4.69) is 16.9 Å². The van der Waals surface area contributed by atoms with Crippen molar-refractivity contribution in [2.24, 2.45) is 7.05 Å². The van der Waals surface area contributed by atoms with Crippen molar-refractivity contribution in [1.29, 1.82) is 0 Å². The van der Waals surface area contributed by atoms with E-state index in [1.165, 1.54) is 4.57 Å². The SMILES string of the molecule is C=Cc1ccccc1-n1c(C2CNCCN2C(=O)OC(C)(C)C)nc2c1c(=O)[nH]c(=O)n2C. The van der Waals surface area contributed by atoms with Gasteiger partial charge >= 0.3 is 11.8 Å². The highest BCUT2D eigenvalue weighted by atomic mass is 16.6. The second-order valence-electron chi connectivity index (χ2n) is 8.95. The molecule has 0 spiro atoms. The molecule has 3 aromatic rings. The van der Waals surface area contributed by atoms with E-state index in [-0.39, 0.29) is 11.2 Å². The first kappa shape index (κ1) is 22.5. The van der Waals surface area contributed by atoms with Crippen LogP contribution in [0.15, 0.2) is 40.4 Å². The van der Waals surface area contributed by atoms with Gasteiger partial charge in [0.15, 0.2) is 11.2 Å². The molecule has 0 radical (unpaired) electrons. The molecule has 3 heterocycles. The monoisotopic (exact) mass is 452 g/mol. The number of ether oxygens (including phenoxy) is 1. The number of nitrogens with zero attached hydrogens (tertiary/aromatic N) is 4. The largest absolute Gasteiger partial charge is 0.444 e. The maximum Gasteiger partial charge on any atom is 0.411 e. The van der Waals surface area contributed by atoms with Gasteiger partial charge < -0.3 is 10.1 Å². The molecule has 1 unspecified atom stereocenters. The van der Waals surface area contributed by atoms with Crippen molar-refractivity contribution < 1.29 is 9.53 Å². The normalized spacial score (nSPS) is 16.7. The molecule has 2 aromatic heterocycles. The Balaban J connectivity index is 2.00. The number of carbonyl (C=O) groups excluding carboxylic acids is 1. The van der Waals surface area contributed by atoms with E-state index in [4.69, 9.17) is 9.72 Å². The Bertz CT molecular complexity index is 1340. The van der Waals surface area contributed by atoms with Crippen LogP contribution in [0, 0.1) is 0 Å². The van der Waals surface area contributed by atoms with Crippen LogP contribution in [-0.4, -0.2) is 55.3 Å². The van der Waals surface area contributed by atoms with Crippen molar-refractivity contribution in [1.82, 2.24) is 29.3 Å². The number of hydrogen-bond acceptors (Lipinski definition) is 6. The highest BCUT2D eigenvalue weighted by molar-refractivity contribution is 5.77. The van der Waals surface area contributed by atoms with Crippen LogP contribution in [0.25, 0.3) is 22.9 Å². The molecular formula is C23H28N6O4. The number of carbonyl (C=O) groups is 1. The summed E-state index contributed by atoms with van der Waals surface area (Å²) in [6.45, 7) is 10.7. The van der Waals surface area contributed by atoms with E-state index in [0.29, 0.717) is 31.1 Å². The molecule has 1 amide bonds. The molecule has 10 heteroatoms. The van der Waals surface area contributed by atoms with Crippen molar-refractivity contribution >= 4 is 23.3 Å². The van der Waals surface area contributed by atoms with Gasteiger partial charge in [-0.05, 0) is 32.4 Å². The number of rotatable bonds is 3. The lowest BCUT2D eigenvalue weighted by Crippen LogP contribution is -2.50. The van der Waals surface area contributed by atoms with Crippen LogP contribution in [0.5, 0.6) is 0 Å². The number of imidazole rings is 1. The number of benzene rings is 1. The predicted octanol–water partition coefficient (Wildman–Crippen LogP) is 1.94. The Morgan fingerprint density at radius 1 is 1.27 bits per heavy atom. The summed E-state index contributed by atoms with van der Waals surface area (Å²) in [6.07, 6.45) is 1.22. The minimum Gasteiger partial charge on any atom is -0.444 e. The van der Waals surface area contributed by atoms with Crippen LogP contribution in [0.3, 0.4) is 0 Å². The predicted molar refractivity (Wildman–Crippen MR) is 126 cm³/mol. The van der Waals surface area contributed by atoms with Crippen LogP contribution in [0.2, 0.25) is 0 Å². The number of aromatic nitrogens is 4. The summed E-state index contributed by atoms with van der Waals surface area (Å²) in [4.78, 5) is 47.0. The quantitative estimate of drug-likeness (QED) is 0.628. The smallest absolute Gasteiger partial charge is 0.411 e. The van der Waals surface area contributed by atoms with E-state index in [0.717, 1.165) is 5.56 Å². The number of fused-ring (bicyclic) bond motifs is 1. The standard InChI is InChI=1S/C23H28N6O4/c1-6-14-9-7-8-10-15(14)29-17-19(27(5)21(31)26-20(17)30)25-18(29)16-13-24-11-12-28(16)22(32)33-23(2,3)4/h6-10,16,24H,1,11-13H2,2-5H3,(H,26,30,31). The summed E-state index contributed by atoms with van der Waals surface area (Å²) >= 11 is 0. The van der Waals surface area contributed by atoms with Crippen LogP contribution in [-0.2, 0) is 11.8 Å². The number of amides is 1. The molecule has 1 saturated heterocycles. The molecule has 1 aliphatic heterocycles. The van der Waals surface area contributed by atoms with Crippen molar-refractivity contribution in [3.05, 3.63) is 63.1 Å². The number of H-pyrrole nitrogens is 1. The average Bonchev–Trinajstić information content (AvgIpc) is 3.17. The van der Waals surface area contributed by atoms with Crippen molar-refractivity contribution in [2.75, 3.05) is 19.6 Å². The van der Waals surface area contributed by atoms with Gasteiger partial charge in [0.25, 0.3) is 5.56 Å². The Labute approximate surface area is 190 Å². The number of aryl methyl sites for hydroxylation is 1. The van der Waals surface area contributed by atoms with Gasteiger partial charge in [0.05, 0.1) is 5.69 Å². The van der Waals surface area contributed by atoms with Gasteiger partial charge in [-0.3, -0.25) is 23.8 Å². The third-order valence-corrected chi connectivity index (χ3v) is 5.51. The van der Waals surface area contributed by atoms with Gasteiger partial charge in [-0.1, -0.05) is 30.9 Å². The van der Waals surface area contributed by atoms with Crippen LogP contribution >= 0.6 is 0 Å². The van der Waals surface area contributed by atoms with Gasteiger partial charge in [0.2, 0.25) is 0 Å². The number of hydrogen-bond donors (Lipinski definition) is 2. The number of piperazine rings is 1. The van der Waals surface area contributed by atoms with Crippen molar-refractivity contribution in [3.63, 3.8) is 0 Å². The van der Waals surface area contributed by atoms with E-state index < -0.39 is 29.0 Å². The van der Waals surface area contributed by atoms with Crippen molar-refractivity contribution in [2.45, 2.75) is 32.4 Å². The molecule has 0 aliphatic carbocycles. The van der Waals surface area contributed by atoms with Gasteiger partial charge in [-0.25, -0.2) is 14.6 Å². The summed E-state index contributed by atoms with van der Waals surface area (Å²) in [5.74, 6) is 0.448. The summed E-state index contributed by atoms with van der Waals surface area (Å²) in [5, 5.41) is 3.30. The fraction of sp³-hybridized carbons (Fsp3) is 0.391. The van der Waals surface area contributed by atoms with E-state index in [1.807, 2.05) is 45.0 Å². The first-order chi connectivity index (χ1) is 15.6. The first-order valence-electron chi connectivity index (χ1n) is 10.8. The van der Waals surface area contributed by atoms with Gasteiger partial charge in [-0.2, -0.15) is 0 Å². The van der Waals surface area contributed by atoms with E-state index in [9.17, 15) is 14.4 Å². The highest BCUT2D eigenvalue weighted by Gasteiger charge is 2.36. The highest BCUT2D eigenvalue weighted by Crippen LogP contribution is 2.30. The number of para-hydroxylation sites is 1. The molecule has 1 aromatic carbocycles. The van der Waals surface area contributed by atoms with E-state index >= 15 is 0 Å². The van der Waals surface area contributed by atoms with Crippen LogP contribution in [0.4, 0.5) is 4.79 Å². The van der Waals surface area contributed by atoms with Gasteiger partial charge in [0, 0.05) is 26.7 Å².